The summed E-state index contributed by atoms with van der Waals surface area (Å²) >= 11 is 0. The van der Waals surface area contributed by atoms with Crippen LogP contribution in [0.3, 0.4) is 0 Å². The normalized spacial score (nSPS) is 19.1. The largest absolute Gasteiger partial charge is 0.495 e. The van der Waals surface area contributed by atoms with Crippen molar-refractivity contribution in [2.45, 2.75) is 38.9 Å². The van der Waals surface area contributed by atoms with Gasteiger partial charge in [-0.1, -0.05) is 6.07 Å². The molecule has 6 nitrogen and oxygen atoms in total. The van der Waals surface area contributed by atoms with Crippen LogP contribution in [-0.2, 0) is 9.31 Å². The van der Waals surface area contributed by atoms with Gasteiger partial charge < -0.3 is 19.4 Å². The maximum atomic E-state index is 6.15. The fourth-order valence-electron chi connectivity index (χ4n) is 2.58. The predicted octanol–water partition coefficient (Wildman–Crippen LogP) is 1.98. The van der Waals surface area contributed by atoms with Crippen LogP contribution in [0.25, 0.3) is 10.9 Å². The molecule has 0 unspecified atom stereocenters. The summed E-state index contributed by atoms with van der Waals surface area (Å²) in [5, 5.41) is 3.81. The van der Waals surface area contributed by atoms with E-state index in [9.17, 15) is 0 Å². The number of methoxy groups -OCH3 is 1. The molecule has 2 heterocycles. The molecule has 0 aliphatic carbocycles. The minimum atomic E-state index is -0.461. The lowest BCUT2D eigenvalue weighted by Crippen LogP contribution is -2.41. The monoisotopic (exact) mass is 315 g/mol. The third kappa shape index (κ3) is 2.54. The average Bonchev–Trinajstić information content (AvgIpc) is 2.73. The maximum absolute atomic E-state index is 6.15. The zero-order chi connectivity index (χ0) is 16.8. The Kier molecular flexibility index (Phi) is 3.73. The molecule has 1 aliphatic rings. The number of hydrogen-bond acceptors (Lipinski definition) is 6. The molecule has 0 spiro atoms. The van der Waals surface area contributed by atoms with E-state index in [1.807, 2.05) is 39.8 Å². The summed E-state index contributed by atoms with van der Waals surface area (Å²) < 4.78 is 17.7. The second-order valence-corrected chi connectivity index (χ2v) is 6.65. The lowest BCUT2D eigenvalue weighted by molar-refractivity contribution is 0.00578. The quantitative estimate of drug-likeness (QED) is 0.874. The summed E-state index contributed by atoms with van der Waals surface area (Å²) in [4.78, 5) is 8.83. The second kappa shape index (κ2) is 5.35. The Bertz CT molecular complexity index is 733. The summed E-state index contributed by atoms with van der Waals surface area (Å²) in [7, 11) is 2.95. The van der Waals surface area contributed by atoms with Gasteiger partial charge in [0.25, 0.3) is 0 Å². The fourth-order valence-corrected chi connectivity index (χ4v) is 2.58. The lowest BCUT2D eigenvalue weighted by atomic mass is 9.77. The van der Waals surface area contributed by atoms with E-state index in [-0.39, 0.29) is 0 Å². The average molecular weight is 315 g/mol. The molecule has 1 aromatic carbocycles. The van der Waals surface area contributed by atoms with Crippen molar-refractivity contribution in [2.24, 2.45) is 0 Å². The number of anilines is 1. The van der Waals surface area contributed by atoms with Crippen LogP contribution in [-0.4, -0.2) is 42.4 Å². The molecule has 1 saturated heterocycles. The van der Waals surface area contributed by atoms with Crippen LogP contribution < -0.4 is 15.5 Å². The van der Waals surface area contributed by atoms with E-state index >= 15 is 0 Å². The van der Waals surface area contributed by atoms with Gasteiger partial charge >= 0.3 is 7.12 Å². The molecule has 2 aromatic rings. The van der Waals surface area contributed by atoms with Crippen LogP contribution in [0.15, 0.2) is 18.3 Å². The van der Waals surface area contributed by atoms with Gasteiger partial charge in [-0.25, -0.2) is 9.97 Å². The first-order chi connectivity index (χ1) is 10.8. The number of aromatic nitrogens is 2. The molecule has 23 heavy (non-hydrogen) atoms. The van der Waals surface area contributed by atoms with E-state index in [1.54, 1.807) is 20.4 Å². The Morgan fingerprint density at radius 3 is 2.35 bits per heavy atom. The number of rotatable bonds is 3. The SMILES string of the molecule is CNc1ncc2c(B3OC(C)(C)C(C)(C)O3)ccc(OC)c2n1. The Morgan fingerprint density at radius 2 is 1.78 bits per heavy atom. The predicted molar refractivity (Wildman–Crippen MR) is 91.4 cm³/mol. The molecule has 1 aromatic heterocycles. The van der Waals surface area contributed by atoms with E-state index in [0.29, 0.717) is 11.7 Å². The second-order valence-electron chi connectivity index (χ2n) is 6.65. The molecule has 1 aliphatic heterocycles. The molecule has 1 N–H and O–H groups in total. The van der Waals surface area contributed by atoms with Gasteiger partial charge in [0, 0.05) is 18.6 Å². The zero-order valence-electron chi connectivity index (χ0n) is 14.4. The van der Waals surface area contributed by atoms with Crippen LogP contribution in [0.2, 0.25) is 0 Å². The highest BCUT2D eigenvalue weighted by atomic mass is 16.7. The third-order valence-corrected chi connectivity index (χ3v) is 4.70. The van der Waals surface area contributed by atoms with E-state index in [4.69, 9.17) is 14.0 Å². The van der Waals surface area contributed by atoms with Crippen molar-refractivity contribution in [3.05, 3.63) is 18.3 Å². The van der Waals surface area contributed by atoms with Gasteiger partial charge in [-0.2, -0.15) is 0 Å². The molecule has 0 amide bonds. The van der Waals surface area contributed by atoms with Crippen LogP contribution >= 0.6 is 0 Å². The molecule has 3 rings (SSSR count). The van der Waals surface area contributed by atoms with E-state index in [1.165, 1.54) is 0 Å². The summed E-state index contributed by atoms with van der Waals surface area (Å²) in [5.41, 5.74) is 0.854. The number of nitrogens with one attached hydrogen (secondary N) is 1. The number of nitrogens with zero attached hydrogens (tertiary/aromatic N) is 2. The molecule has 7 heteroatoms. The van der Waals surface area contributed by atoms with E-state index < -0.39 is 18.3 Å². The van der Waals surface area contributed by atoms with Gasteiger partial charge in [0.05, 0.1) is 18.3 Å². The number of fused-ring (bicyclic) bond motifs is 1. The molecule has 0 atom stereocenters. The highest BCUT2D eigenvalue weighted by molar-refractivity contribution is 6.65. The highest BCUT2D eigenvalue weighted by Crippen LogP contribution is 2.37. The van der Waals surface area contributed by atoms with Crippen molar-refractivity contribution in [1.29, 1.82) is 0 Å². The lowest BCUT2D eigenvalue weighted by Gasteiger charge is -2.32. The number of hydrogen-bond donors (Lipinski definition) is 1. The van der Waals surface area contributed by atoms with Gasteiger partial charge in [-0.15, -0.1) is 0 Å². The number of ether oxygens (including phenoxy) is 1. The summed E-state index contributed by atoms with van der Waals surface area (Å²) in [6, 6.07) is 3.83. The van der Waals surface area contributed by atoms with E-state index in [2.05, 4.69) is 15.3 Å². The first-order valence-corrected chi connectivity index (χ1v) is 7.66. The van der Waals surface area contributed by atoms with Crippen molar-refractivity contribution < 1.29 is 14.0 Å². The standard InChI is InChI=1S/C16H22BN3O3/c1-15(2)16(3,4)23-17(22-15)11-7-8-12(21-6)13-10(11)9-19-14(18-5)20-13/h7-9H,1-6H3,(H,18,19,20). The Labute approximate surface area is 136 Å². The van der Waals surface area contributed by atoms with Crippen LogP contribution in [0.4, 0.5) is 5.95 Å². The molecule has 0 saturated carbocycles. The zero-order valence-corrected chi connectivity index (χ0v) is 14.4. The van der Waals surface area contributed by atoms with Crippen molar-refractivity contribution >= 4 is 29.4 Å². The maximum Gasteiger partial charge on any atom is 0.495 e. The minimum absolute atomic E-state index is 0.393. The number of benzene rings is 1. The molecular weight excluding hydrogens is 293 g/mol. The summed E-state index contributed by atoms with van der Waals surface area (Å²) in [6.45, 7) is 8.14. The third-order valence-electron chi connectivity index (χ3n) is 4.70. The van der Waals surface area contributed by atoms with Crippen LogP contribution in [0.5, 0.6) is 5.75 Å². The smallest absolute Gasteiger partial charge is 0.494 e. The Morgan fingerprint density at radius 1 is 1.13 bits per heavy atom. The molecule has 0 bridgehead atoms. The van der Waals surface area contributed by atoms with Gasteiger partial charge in [-0.3, -0.25) is 0 Å². The van der Waals surface area contributed by atoms with Gasteiger partial charge in [-0.05, 0) is 39.2 Å². The van der Waals surface area contributed by atoms with Crippen molar-refractivity contribution in [3.8, 4) is 5.75 Å². The van der Waals surface area contributed by atoms with Crippen molar-refractivity contribution in [2.75, 3.05) is 19.5 Å². The Hall–Kier alpha value is -1.86. The van der Waals surface area contributed by atoms with Crippen molar-refractivity contribution in [3.63, 3.8) is 0 Å². The van der Waals surface area contributed by atoms with Crippen LogP contribution in [0, 0.1) is 0 Å². The van der Waals surface area contributed by atoms with Gasteiger partial charge in [0.2, 0.25) is 5.95 Å². The topological polar surface area (TPSA) is 65.5 Å². The van der Waals surface area contributed by atoms with Crippen LogP contribution in [0.1, 0.15) is 27.7 Å². The Balaban J connectivity index is 2.13. The highest BCUT2D eigenvalue weighted by Gasteiger charge is 2.52. The molecule has 122 valence electrons. The minimum Gasteiger partial charge on any atom is -0.494 e. The van der Waals surface area contributed by atoms with E-state index in [0.717, 1.165) is 16.4 Å². The molecule has 1 fully saturated rings. The molecular formula is C16H22BN3O3. The molecule has 0 radical (unpaired) electrons. The summed E-state index contributed by atoms with van der Waals surface area (Å²) in [5.74, 6) is 1.24. The fraction of sp³-hybridized carbons (Fsp3) is 0.500. The van der Waals surface area contributed by atoms with Gasteiger partial charge in [0.1, 0.15) is 11.3 Å². The first-order valence-electron chi connectivity index (χ1n) is 7.66. The summed E-state index contributed by atoms with van der Waals surface area (Å²) in [6.07, 6.45) is 1.77. The first kappa shape index (κ1) is 16.0. The van der Waals surface area contributed by atoms with Crippen molar-refractivity contribution in [1.82, 2.24) is 9.97 Å². The van der Waals surface area contributed by atoms with Gasteiger partial charge in [0.15, 0.2) is 0 Å².